The van der Waals surface area contributed by atoms with Gasteiger partial charge in [-0.15, -0.1) is 0 Å². The highest BCUT2D eigenvalue weighted by Crippen LogP contribution is 2.18. The van der Waals surface area contributed by atoms with E-state index in [1.165, 1.54) is 5.56 Å². The first-order valence-electron chi connectivity index (χ1n) is 6.83. The Bertz CT molecular complexity index is 638. The Morgan fingerprint density at radius 1 is 1.14 bits per heavy atom. The zero-order chi connectivity index (χ0) is 15.2. The molecule has 0 unspecified atom stereocenters. The molecule has 1 amide bonds. The van der Waals surface area contributed by atoms with Gasteiger partial charge in [-0.3, -0.25) is 4.79 Å². The van der Waals surface area contributed by atoms with E-state index in [4.69, 9.17) is 10.5 Å². The number of nitrogens with two attached hydrogens (primary N) is 1. The number of methoxy groups -OCH3 is 1. The molecule has 21 heavy (non-hydrogen) atoms. The van der Waals surface area contributed by atoms with Crippen LogP contribution in [-0.2, 0) is 13.1 Å². The number of carbonyl (C=O) groups excluding carboxylic acids is 1. The van der Waals surface area contributed by atoms with Gasteiger partial charge < -0.3 is 15.8 Å². The highest BCUT2D eigenvalue weighted by atomic mass is 16.5. The van der Waals surface area contributed by atoms with Gasteiger partial charge in [-0.05, 0) is 41.8 Å². The summed E-state index contributed by atoms with van der Waals surface area (Å²) in [5.41, 5.74) is 9.16. The molecule has 0 aliphatic carbocycles. The van der Waals surface area contributed by atoms with Gasteiger partial charge in [0, 0.05) is 18.7 Å². The number of rotatable bonds is 6. The first-order chi connectivity index (χ1) is 10.1. The Hall–Kier alpha value is -2.33. The maximum atomic E-state index is 11.1. The fourth-order valence-corrected chi connectivity index (χ4v) is 2.24. The molecular formula is C17H20N2O2. The minimum Gasteiger partial charge on any atom is -0.496 e. The molecule has 0 aromatic heterocycles. The molecule has 0 spiro atoms. The van der Waals surface area contributed by atoms with Gasteiger partial charge in [0.15, 0.2) is 0 Å². The number of hydrogen-bond acceptors (Lipinski definition) is 3. The number of ether oxygens (including phenoxy) is 1. The zero-order valence-electron chi connectivity index (χ0n) is 12.3. The highest BCUT2D eigenvalue weighted by molar-refractivity contribution is 5.92. The first-order valence-corrected chi connectivity index (χ1v) is 6.83. The van der Waals surface area contributed by atoms with Crippen molar-refractivity contribution in [3.8, 4) is 5.75 Å². The minimum absolute atomic E-state index is 0.400. The number of hydrogen-bond donors (Lipinski definition) is 2. The average molecular weight is 284 g/mol. The topological polar surface area (TPSA) is 64.3 Å². The van der Waals surface area contributed by atoms with Crippen LogP contribution < -0.4 is 15.8 Å². The van der Waals surface area contributed by atoms with Crippen LogP contribution in [-0.4, -0.2) is 13.0 Å². The molecule has 0 saturated carbocycles. The molecule has 3 N–H and O–H groups in total. The molecule has 0 bridgehead atoms. The van der Waals surface area contributed by atoms with Crippen LogP contribution in [0.4, 0.5) is 0 Å². The second-order valence-electron chi connectivity index (χ2n) is 4.97. The van der Waals surface area contributed by atoms with Crippen LogP contribution in [0.3, 0.4) is 0 Å². The predicted octanol–water partition coefficient (Wildman–Crippen LogP) is 2.39. The summed E-state index contributed by atoms with van der Waals surface area (Å²) in [6, 6.07) is 13.5. The van der Waals surface area contributed by atoms with Crippen molar-refractivity contribution in [1.82, 2.24) is 5.32 Å². The zero-order valence-corrected chi connectivity index (χ0v) is 12.3. The Morgan fingerprint density at radius 2 is 1.86 bits per heavy atom. The summed E-state index contributed by atoms with van der Waals surface area (Å²) in [6.07, 6.45) is 0. The van der Waals surface area contributed by atoms with E-state index < -0.39 is 5.91 Å². The van der Waals surface area contributed by atoms with Crippen molar-refractivity contribution < 1.29 is 9.53 Å². The van der Waals surface area contributed by atoms with E-state index in [0.717, 1.165) is 23.4 Å². The summed E-state index contributed by atoms with van der Waals surface area (Å²) >= 11 is 0. The monoisotopic (exact) mass is 284 g/mol. The molecule has 4 heteroatoms. The largest absolute Gasteiger partial charge is 0.496 e. The molecule has 0 heterocycles. The summed E-state index contributed by atoms with van der Waals surface area (Å²) in [4.78, 5) is 11.1. The van der Waals surface area contributed by atoms with Gasteiger partial charge in [0.1, 0.15) is 5.75 Å². The van der Waals surface area contributed by atoms with Crippen LogP contribution in [0.25, 0.3) is 0 Å². The van der Waals surface area contributed by atoms with Gasteiger partial charge >= 0.3 is 0 Å². The summed E-state index contributed by atoms with van der Waals surface area (Å²) < 4.78 is 5.25. The van der Waals surface area contributed by atoms with Crippen LogP contribution in [0.2, 0.25) is 0 Å². The van der Waals surface area contributed by atoms with Crippen molar-refractivity contribution in [2.75, 3.05) is 7.11 Å². The maximum Gasteiger partial charge on any atom is 0.248 e. The fraction of sp³-hybridized carbons (Fsp3) is 0.235. The second kappa shape index (κ2) is 6.90. The van der Waals surface area contributed by atoms with E-state index in [9.17, 15) is 4.79 Å². The molecule has 2 rings (SSSR count). The third kappa shape index (κ3) is 4.07. The average Bonchev–Trinajstić information content (AvgIpc) is 2.48. The standard InChI is InChI=1S/C17H20N2O2/c1-12-8-14(6-7-16(12)21-2)11-19-10-13-4-3-5-15(9-13)17(18)20/h3-9,19H,10-11H2,1-2H3,(H2,18,20). The molecule has 0 atom stereocenters. The molecule has 4 nitrogen and oxygen atoms in total. The van der Waals surface area contributed by atoms with Crippen molar-refractivity contribution in [3.05, 3.63) is 64.7 Å². The van der Waals surface area contributed by atoms with Gasteiger partial charge in [0.05, 0.1) is 7.11 Å². The highest BCUT2D eigenvalue weighted by Gasteiger charge is 2.02. The van der Waals surface area contributed by atoms with E-state index in [-0.39, 0.29) is 0 Å². The number of aryl methyl sites for hydroxylation is 1. The van der Waals surface area contributed by atoms with Crippen LogP contribution in [0, 0.1) is 6.92 Å². The summed E-state index contributed by atoms with van der Waals surface area (Å²) in [5.74, 6) is 0.496. The molecule has 2 aromatic carbocycles. The summed E-state index contributed by atoms with van der Waals surface area (Å²) in [6.45, 7) is 3.47. The lowest BCUT2D eigenvalue weighted by atomic mass is 10.1. The minimum atomic E-state index is -0.400. The van der Waals surface area contributed by atoms with Gasteiger partial charge in [0.2, 0.25) is 5.91 Å². The fourth-order valence-electron chi connectivity index (χ4n) is 2.24. The molecule has 0 saturated heterocycles. The van der Waals surface area contributed by atoms with Gasteiger partial charge in [-0.1, -0.05) is 24.3 Å². The lowest BCUT2D eigenvalue weighted by molar-refractivity contribution is 0.1000. The van der Waals surface area contributed by atoms with Crippen molar-refractivity contribution >= 4 is 5.91 Å². The van der Waals surface area contributed by atoms with Crippen LogP contribution in [0.5, 0.6) is 5.75 Å². The van der Waals surface area contributed by atoms with Crippen LogP contribution in [0.15, 0.2) is 42.5 Å². The van der Waals surface area contributed by atoms with E-state index in [1.54, 1.807) is 13.2 Å². The molecule has 0 aliphatic heterocycles. The molecule has 110 valence electrons. The summed E-state index contributed by atoms with van der Waals surface area (Å²) in [7, 11) is 1.67. The van der Waals surface area contributed by atoms with Gasteiger partial charge in [0.25, 0.3) is 0 Å². The van der Waals surface area contributed by atoms with E-state index in [0.29, 0.717) is 12.1 Å². The SMILES string of the molecule is COc1ccc(CNCc2cccc(C(N)=O)c2)cc1C. The molecule has 0 fully saturated rings. The van der Waals surface area contributed by atoms with E-state index >= 15 is 0 Å². The Morgan fingerprint density at radius 3 is 2.48 bits per heavy atom. The normalized spacial score (nSPS) is 10.4. The maximum absolute atomic E-state index is 11.1. The van der Waals surface area contributed by atoms with Crippen molar-refractivity contribution in [3.63, 3.8) is 0 Å². The van der Waals surface area contributed by atoms with E-state index in [2.05, 4.69) is 11.4 Å². The Kier molecular flexibility index (Phi) is 4.95. The Balaban J connectivity index is 1.93. The second-order valence-corrected chi connectivity index (χ2v) is 4.97. The quantitative estimate of drug-likeness (QED) is 0.856. The van der Waals surface area contributed by atoms with Crippen molar-refractivity contribution in [2.24, 2.45) is 5.73 Å². The first kappa shape index (κ1) is 15.1. The molecule has 0 radical (unpaired) electrons. The lowest BCUT2D eigenvalue weighted by Crippen LogP contribution is -2.15. The van der Waals surface area contributed by atoms with Crippen LogP contribution >= 0.6 is 0 Å². The molecule has 0 aliphatic rings. The number of primary amides is 1. The smallest absolute Gasteiger partial charge is 0.248 e. The number of benzene rings is 2. The summed E-state index contributed by atoms with van der Waals surface area (Å²) in [5, 5.41) is 3.36. The number of nitrogens with one attached hydrogen (secondary N) is 1. The van der Waals surface area contributed by atoms with Crippen molar-refractivity contribution in [1.29, 1.82) is 0 Å². The third-order valence-electron chi connectivity index (χ3n) is 3.33. The van der Waals surface area contributed by atoms with Crippen LogP contribution in [0.1, 0.15) is 27.0 Å². The number of carbonyl (C=O) groups is 1. The molecular weight excluding hydrogens is 264 g/mol. The van der Waals surface area contributed by atoms with Gasteiger partial charge in [-0.25, -0.2) is 0 Å². The lowest BCUT2D eigenvalue weighted by Gasteiger charge is -2.09. The van der Waals surface area contributed by atoms with Gasteiger partial charge in [-0.2, -0.15) is 0 Å². The Labute approximate surface area is 124 Å². The van der Waals surface area contributed by atoms with Crippen molar-refractivity contribution in [2.45, 2.75) is 20.0 Å². The molecule has 2 aromatic rings. The third-order valence-corrected chi connectivity index (χ3v) is 3.33. The number of amides is 1. The predicted molar refractivity (Wildman–Crippen MR) is 83.2 cm³/mol. The van der Waals surface area contributed by atoms with E-state index in [1.807, 2.05) is 37.3 Å².